The van der Waals surface area contributed by atoms with Crippen molar-refractivity contribution >= 4 is 8.07 Å². The fraction of sp³-hybridized carbons (Fsp3) is 1.00. The highest BCUT2D eigenvalue weighted by molar-refractivity contribution is 6.77. The van der Waals surface area contributed by atoms with Gasteiger partial charge in [-0.05, 0) is 12.1 Å². The molecule has 0 rings (SSSR count). The van der Waals surface area contributed by atoms with Crippen LogP contribution in [-0.2, 0) is 0 Å². The summed E-state index contributed by atoms with van der Waals surface area (Å²) in [5, 5.41) is 6.92. The highest BCUT2D eigenvalue weighted by Crippen LogP contribution is 2.10. The smallest absolute Gasteiger partial charge is 0.0634 e. The topological polar surface area (TPSA) is 50.1 Å². The molecule has 0 aliphatic heterocycles. The molecule has 0 saturated heterocycles. The lowest BCUT2D eigenvalue weighted by molar-refractivity contribution is 0.570. The van der Waals surface area contributed by atoms with Crippen LogP contribution in [0.25, 0.3) is 0 Å². The summed E-state index contributed by atoms with van der Waals surface area (Å²) < 4.78 is 0. The van der Waals surface area contributed by atoms with Gasteiger partial charge in [0.15, 0.2) is 0 Å². The van der Waals surface area contributed by atoms with Crippen LogP contribution < -0.4 is 16.4 Å². The van der Waals surface area contributed by atoms with Gasteiger partial charge in [0.1, 0.15) is 0 Å². The number of hydrogen-bond acceptors (Lipinski definition) is 3. The molecule has 0 aromatic rings. The minimum Gasteiger partial charge on any atom is -0.329 e. The summed E-state index contributed by atoms with van der Waals surface area (Å²) in [6.07, 6.45) is 1.24. The van der Waals surface area contributed by atoms with Crippen molar-refractivity contribution in [2.75, 3.05) is 26.2 Å². The Labute approximate surface area is 89.8 Å². The van der Waals surface area contributed by atoms with Crippen molar-refractivity contribution in [3.05, 3.63) is 0 Å². The molecule has 0 aromatic carbocycles. The maximum atomic E-state index is 5.39. The van der Waals surface area contributed by atoms with Crippen LogP contribution >= 0.6 is 0 Å². The third-order valence-electron chi connectivity index (χ3n) is 2.47. The van der Waals surface area contributed by atoms with E-state index in [1.165, 1.54) is 6.42 Å². The summed E-state index contributed by atoms with van der Waals surface area (Å²) in [6, 6.07) is 0. The molecule has 1 atom stereocenters. The van der Waals surface area contributed by atoms with Gasteiger partial charge >= 0.3 is 0 Å². The van der Waals surface area contributed by atoms with Gasteiger partial charge in [-0.2, -0.15) is 0 Å². The highest BCUT2D eigenvalue weighted by atomic mass is 28.3. The van der Waals surface area contributed by atoms with E-state index in [4.69, 9.17) is 5.73 Å². The predicted octanol–water partition coefficient (Wildman–Crippen LogP) is 0.780. The van der Waals surface area contributed by atoms with Gasteiger partial charge in [-0.3, -0.25) is 0 Å². The first-order valence-electron chi connectivity index (χ1n) is 5.66. The third kappa shape index (κ3) is 6.54. The highest BCUT2D eigenvalue weighted by Gasteiger charge is 2.23. The minimum atomic E-state index is -1.02. The number of nitrogens with one attached hydrogen (secondary N) is 2. The van der Waals surface area contributed by atoms with E-state index in [9.17, 15) is 0 Å². The zero-order chi connectivity index (χ0) is 11.0. The standard InChI is InChI=1S/C10H27N3Si/c1-5-10(14(2,3)4)13-9-8-12-7-6-11/h10,12-13H,5-9,11H2,1-4H3. The maximum absolute atomic E-state index is 5.39. The lowest BCUT2D eigenvalue weighted by Gasteiger charge is -2.29. The van der Waals surface area contributed by atoms with Gasteiger partial charge in [-0.15, -0.1) is 0 Å². The molecular formula is C10H27N3Si. The zero-order valence-electron chi connectivity index (χ0n) is 10.2. The zero-order valence-corrected chi connectivity index (χ0v) is 11.2. The second kappa shape index (κ2) is 7.40. The Bertz CT molecular complexity index is 134. The SMILES string of the molecule is CCC(NCCNCCN)[Si](C)(C)C. The Balaban J connectivity index is 3.54. The Kier molecular flexibility index (Phi) is 7.45. The van der Waals surface area contributed by atoms with E-state index in [-0.39, 0.29) is 0 Å². The molecular weight excluding hydrogens is 190 g/mol. The van der Waals surface area contributed by atoms with Gasteiger partial charge in [0, 0.05) is 26.2 Å². The van der Waals surface area contributed by atoms with Crippen LogP contribution in [0.3, 0.4) is 0 Å². The maximum Gasteiger partial charge on any atom is 0.0634 e. The van der Waals surface area contributed by atoms with E-state index in [1.54, 1.807) is 0 Å². The van der Waals surface area contributed by atoms with Gasteiger partial charge in [0.05, 0.1) is 8.07 Å². The normalized spacial score (nSPS) is 14.4. The van der Waals surface area contributed by atoms with Crippen LogP contribution in [0, 0.1) is 0 Å². The van der Waals surface area contributed by atoms with Gasteiger partial charge in [0.2, 0.25) is 0 Å². The van der Waals surface area contributed by atoms with Gasteiger partial charge in [0.25, 0.3) is 0 Å². The molecule has 4 heteroatoms. The van der Waals surface area contributed by atoms with Crippen molar-refractivity contribution in [2.45, 2.75) is 38.7 Å². The number of rotatable bonds is 8. The molecule has 0 bridgehead atoms. The van der Waals surface area contributed by atoms with Gasteiger partial charge in [-0.1, -0.05) is 26.6 Å². The van der Waals surface area contributed by atoms with E-state index >= 15 is 0 Å². The van der Waals surface area contributed by atoms with Gasteiger partial charge in [-0.25, -0.2) is 0 Å². The summed E-state index contributed by atoms with van der Waals surface area (Å²) >= 11 is 0. The summed E-state index contributed by atoms with van der Waals surface area (Å²) in [5.41, 5.74) is 6.13. The van der Waals surface area contributed by atoms with Crippen LogP contribution in [0.4, 0.5) is 0 Å². The summed E-state index contributed by atoms with van der Waals surface area (Å²) in [5.74, 6) is 0. The molecule has 0 saturated carbocycles. The largest absolute Gasteiger partial charge is 0.329 e. The van der Waals surface area contributed by atoms with E-state index in [2.05, 4.69) is 37.2 Å². The molecule has 1 unspecified atom stereocenters. The summed E-state index contributed by atoms with van der Waals surface area (Å²) in [7, 11) is -1.02. The number of nitrogens with two attached hydrogens (primary N) is 1. The van der Waals surface area contributed by atoms with Gasteiger partial charge < -0.3 is 16.4 Å². The van der Waals surface area contributed by atoms with Crippen molar-refractivity contribution in [1.29, 1.82) is 0 Å². The van der Waals surface area contributed by atoms with E-state index in [0.29, 0.717) is 0 Å². The average Bonchev–Trinajstić information content (AvgIpc) is 2.09. The molecule has 0 aliphatic rings. The third-order valence-corrected chi connectivity index (χ3v) is 5.17. The predicted molar refractivity (Wildman–Crippen MR) is 67.4 cm³/mol. The second-order valence-corrected chi connectivity index (χ2v) is 10.2. The molecule has 86 valence electrons. The first-order chi connectivity index (χ1) is 6.52. The summed E-state index contributed by atoms with van der Waals surface area (Å²) in [6.45, 7) is 13.3. The van der Waals surface area contributed by atoms with E-state index in [0.717, 1.165) is 31.8 Å². The van der Waals surface area contributed by atoms with Crippen molar-refractivity contribution in [1.82, 2.24) is 10.6 Å². The van der Waals surface area contributed by atoms with Crippen LogP contribution in [0.5, 0.6) is 0 Å². The van der Waals surface area contributed by atoms with Crippen molar-refractivity contribution in [3.63, 3.8) is 0 Å². The average molecular weight is 217 g/mol. The molecule has 0 fully saturated rings. The Hall–Kier alpha value is 0.0969. The molecule has 0 spiro atoms. The first-order valence-corrected chi connectivity index (χ1v) is 9.24. The quantitative estimate of drug-likeness (QED) is 0.416. The summed E-state index contributed by atoms with van der Waals surface area (Å²) in [4.78, 5) is 0. The fourth-order valence-corrected chi connectivity index (χ4v) is 3.61. The molecule has 0 amide bonds. The second-order valence-electron chi connectivity index (χ2n) is 4.82. The lowest BCUT2D eigenvalue weighted by atomic mass is 10.4. The minimum absolute atomic E-state index is 0.727. The molecule has 0 radical (unpaired) electrons. The Morgan fingerprint density at radius 2 is 1.79 bits per heavy atom. The first kappa shape index (κ1) is 14.1. The van der Waals surface area contributed by atoms with Crippen molar-refractivity contribution in [3.8, 4) is 0 Å². The molecule has 0 aliphatic carbocycles. The van der Waals surface area contributed by atoms with Crippen LogP contribution in [0.2, 0.25) is 19.6 Å². The lowest BCUT2D eigenvalue weighted by Crippen LogP contribution is -2.50. The van der Waals surface area contributed by atoms with E-state index < -0.39 is 8.07 Å². The molecule has 14 heavy (non-hydrogen) atoms. The Morgan fingerprint density at radius 1 is 1.14 bits per heavy atom. The van der Waals surface area contributed by atoms with E-state index in [1.807, 2.05) is 0 Å². The van der Waals surface area contributed by atoms with Crippen molar-refractivity contribution < 1.29 is 0 Å². The number of hydrogen-bond donors (Lipinski definition) is 3. The Morgan fingerprint density at radius 3 is 2.21 bits per heavy atom. The van der Waals surface area contributed by atoms with Crippen LogP contribution in [0.1, 0.15) is 13.3 Å². The van der Waals surface area contributed by atoms with Crippen LogP contribution in [-0.4, -0.2) is 39.9 Å². The molecule has 0 aromatic heterocycles. The molecule has 4 N–H and O–H groups in total. The van der Waals surface area contributed by atoms with Crippen molar-refractivity contribution in [2.24, 2.45) is 5.73 Å². The molecule has 3 nitrogen and oxygen atoms in total. The van der Waals surface area contributed by atoms with Crippen LogP contribution in [0.15, 0.2) is 0 Å². The fourth-order valence-electron chi connectivity index (χ4n) is 1.62. The monoisotopic (exact) mass is 217 g/mol. The molecule has 0 heterocycles.